The van der Waals surface area contributed by atoms with Gasteiger partial charge in [0.2, 0.25) is 5.91 Å². The van der Waals surface area contributed by atoms with Gasteiger partial charge >= 0.3 is 0 Å². The summed E-state index contributed by atoms with van der Waals surface area (Å²) in [4.78, 5) is 23.7. The van der Waals surface area contributed by atoms with Crippen LogP contribution in [0, 0.1) is 10.1 Å². The minimum atomic E-state index is -0.484. The summed E-state index contributed by atoms with van der Waals surface area (Å²) in [6.45, 7) is 1.46. The molecule has 1 fully saturated rings. The maximum absolute atomic E-state index is 11.5. The number of nitrogens with one attached hydrogen (secondary N) is 2. The van der Waals surface area contributed by atoms with Gasteiger partial charge in [-0.3, -0.25) is 20.8 Å². The van der Waals surface area contributed by atoms with Gasteiger partial charge in [0, 0.05) is 30.9 Å². The number of non-ortho nitro benzene ring substituents is 1. The number of anilines is 2. The maximum Gasteiger partial charge on any atom is 0.273 e. The molecule has 0 unspecified atom stereocenters. The number of hydrogen-bond donors (Lipinski definition) is 3. The van der Waals surface area contributed by atoms with Crippen LogP contribution in [0.15, 0.2) is 18.2 Å². The van der Waals surface area contributed by atoms with Gasteiger partial charge in [-0.25, -0.2) is 0 Å². The molecule has 1 saturated heterocycles. The number of benzene rings is 1. The molecule has 0 spiro atoms. The fourth-order valence-electron chi connectivity index (χ4n) is 1.99. The Labute approximate surface area is 109 Å². The fourth-order valence-corrected chi connectivity index (χ4v) is 1.99. The fraction of sp³-hybridized carbons (Fsp3) is 0.364. The van der Waals surface area contributed by atoms with E-state index in [-0.39, 0.29) is 18.1 Å². The summed E-state index contributed by atoms with van der Waals surface area (Å²) in [5.74, 6) is 5.21. The molecule has 8 nitrogen and oxygen atoms in total. The topological polar surface area (TPSA) is 114 Å². The lowest BCUT2D eigenvalue weighted by molar-refractivity contribution is -0.384. The highest BCUT2D eigenvalue weighted by Gasteiger charge is 2.18. The van der Waals surface area contributed by atoms with Crippen LogP contribution in [0.25, 0.3) is 0 Å². The summed E-state index contributed by atoms with van der Waals surface area (Å²) in [7, 11) is 0. The molecule has 1 aliphatic rings. The summed E-state index contributed by atoms with van der Waals surface area (Å²) in [5.41, 5.74) is 3.39. The van der Waals surface area contributed by atoms with Crippen LogP contribution in [0.1, 0.15) is 6.42 Å². The number of hydrogen-bond acceptors (Lipinski definition) is 6. The van der Waals surface area contributed by atoms with E-state index in [9.17, 15) is 14.9 Å². The molecule has 0 radical (unpaired) electrons. The molecule has 1 aromatic carbocycles. The molecular formula is C11H15N5O3. The zero-order valence-electron chi connectivity index (χ0n) is 10.3. The van der Waals surface area contributed by atoms with Crippen molar-refractivity contribution in [3.05, 3.63) is 28.3 Å². The summed E-state index contributed by atoms with van der Waals surface area (Å²) >= 11 is 0. The van der Waals surface area contributed by atoms with Gasteiger partial charge in [0.1, 0.15) is 0 Å². The van der Waals surface area contributed by atoms with Gasteiger partial charge in [0.25, 0.3) is 5.69 Å². The zero-order valence-corrected chi connectivity index (χ0v) is 10.3. The molecule has 0 aliphatic carbocycles. The Balaban J connectivity index is 2.34. The van der Waals surface area contributed by atoms with Crippen LogP contribution >= 0.6 is 0 Å². The Morgan fingerprint density at radius 2 is 2.21 bits per heavy atom. The lowest BCUT2D eigenvalue weighted by Crippen LogP contribution is -2.33. The van der Waals surface area contributed by atoms with Crippen molar-refractivity contribution < 1.29 is 9.72 Å². The first-order valence-electron chi connectivity index (χ1n) is 5.88. The highest BCUT2D eigenvalue weighted by molar-refractivity contribution is 5.82. The standard InChI is InChI=1S/C11H15N5O3/c12-14-8-4-9(6-10(5-8)16(18)19)15-3-1-2-13-11(17)7-15/h4-6,14H,1-3,7,12H2,(H,13,17). The molecule has 4 N–H and O–H groups in total. The number of nitrogens with zero attached hydrogens (tertiary/aromatic N) is 2. The highest BCUT2D eigenvalue weighted by atomic mass is 16.6. The van der Waals surface area contributed by atoms with E-state index < -0.39 is 4.92 Å². The van der Waals surface area contributed by atoms with E-state index in [1.807, 2.05) is 0 Å². The predicted molar refractivity (Wildman–Crippen MR) is 70.7 cm³/mol. The first-order chi connectivity index (χ1) is 9.10. The smallest absolute Gasteiger partial charge is 0.273 e. The van der Waals surface area contributed by atoms with Crippen molar-refractivity contribution in [2.45, 2.75) is 6.42 Å². The molecule has 0 saturated carbocycles. The van der Waals surface area contributed by atoms with Gasteiger partial charge in [-0.15, -0.1) is 0 Å². The molecule has 8 heteroatoms. The number of nitrogens with two attached hydrogens (primary N) is 1. The molecule has 1 heterocycles. The highest BCUT2D eigenvalue weighted by Crippen LogP contribution is 2.27. The van der Waals surface area contributed by atoms with Crippen molar-refractivity contribution >= 4 is 23.0 Å². The number of rotatable bonds is 3. The Bertz CT molecular complexity index is 505. The molecule has 1 aromatic rings. The lowest BCUT2D eigenvalue weighted by Gasteiger charge is -2.21. The van der Waals surface area contributed by atoms with Crippen molar-refractivity contribution in [1.29, 1.82) is 0 Å². The van der Waals surface area contributed by atoms with Crippen molar-refractivity contribution in [2.75, 3.05) is 30.0 Å². The van der Waals surface area contributed by atoms with Crippen LogP contribution in [0.5, 0.6) is 0 Å². The second-order valence-corrected chi connectivity index (χ2v) is 4.26. The van der Waals surface area contributed by atoms with E-state index in [2.05, 4.69) is 10.7 Å². The van der Waals surface area contributed by atoms with Crippen molar-refractivity contribution in [2.24, 2.45) is 5.84 Å². The van der Waals surface area contributed by atoms with Crippen LogP contribution in [0.4, 0.5) is 17.1 Å². The molecule has 0 bridgehead atoms. The van der Waals surface area contributed by atoms with Crippen LogP contribution in [0.2, 0.25) is 0 Å². The van der Waals surface area contributed by atoms with Gasteiger partial charge in [0.05, 0.1) is 17.2 Å². The van der Waals surface area contributed by atoms with Crippen LogP contribution in [-0.2, 0) is 4.79 Å². The van der Waals surface area contributed by atoms with Crippen LogP contribution in [0.3, 0.4) is 0 Å². The molecule has 0 aromatic heterocycles. The van der Waals surface area contributed by atoms with E-state index in [0.29, 0.717) is 24.5 Å². The average Bonchev–Trinajstić information content (AvgIpc) is 2.62. The number of carbonyl (C=O) groups is 1. The lowest BCUT2D eigenvalue weighted by atomic mass is 10.2. The molecule has 1 aliphatic heterocycles. The molecule has 2 rings (SSSR count). The first kappa shape index (κ1) is 13.1. The number of nitrogen functional groups attached to an aromatic ring is 1. The Morgan fingerprint density at radius 1 is 1.42 bits per heavy atom. The molecule has 0 atom stereocenters. The first-order valence-corrected chi connectivity index (χ1v) is 5.88. The van der Waals surface area contributed by atoms with Gasteiger partial charge in [-0.1, -0.05) is 0 Å². The van der Waals surface area contributed by atoms with Crippen LogP contribution < -0.4 is 21.5 Å². The monoisotopic (exact) mass is 265 g/mol. The predicted octanol–water partition coefficient (Wildman–Crippen LogP) is 0.207. The molecule has 1 amide bonds. The van der Waals surface area contributed by atoms with Crippen molar-refractivity contribution in [3.63, 3.8) is 0 Å². The van der Waals surface area contributed by atoms with E-state index in [1.165, 1.54) is 12.1 Å². The van der Waals surface area contributed by atoms with E-state index in [0.717, 1.165) is 6.42 Å². The third-order valence-corrected chi connectivity index (χ3v) is 2.91. The van der Waals surface area contributed by atoms with E-state index in [4.69, 9.17) is 5.84 Å². The maximum atomic E-state index is 11.5. The summed E-state index contributed by atoms with van der Waals surface area (Å²) in [6.07, 6.45) is 0.791. The van der Waals surface area contributed by atoms with Gasteiger partial charge in [0.15, 0.2) is 0 Å². The number of carbonyl (C=O) groups excluding carboxylic acids is 1. The summed E-state index contributed by atoms with van der Waals surface area (Å²) < 4.78 is 0. The second kappa shape index (κ2) is 5.53. The van der Waals surface area contributed by atoms with Gasteiger partial charge in [-0.05, 0) is 12.5 Å². The zero-order chi connectivity index (χ0) is 13.8. The van der Waals surface area contributed by atoms with Crippen LogP contribution in [-0.4, -0.2) is 30.5 Å². The third-order valence-electron chi connectivity index (χ3n) is 2.91. The van der Waals surface area contributed by atoms with E-state index >= 15 is 0 Å². The Hall–Kier alpha value is -2.35. The molecule has 19 heavy (non-hydrogen) atoms. The number of nitro groups is 1. The second-order valence-electron chi connectivity index (χ2n) is 4.26. The van der Waals surface area contributed by atoms with Gasteiger partial charge in [-0.2, -0.15) is 0 Å². The molecule has 102 valence electrons. The number of hydrazine groups is 1. The number of nitro benzene ring substituents is 1. The average molecular weight is 265 g/mol. The molecular weight excluding hydrogens is 250 g/mol. The van der Waals surface area contributed by atoms with E-state index in [1.54, 1.807) is 11.0 Å². The quantitative estimate of drug-likeness (QED) is 0.409. The Kier molecular flexibility index (Phi) is 3.81. The van der Waals surface area contributed by atoms with Gasteiger partial charge < -0.3 is 15.6 Å². The van der Waals surface area contributed by atoms with Crippen molar-refractivity contribution in [1.82, 2.24) is 5.32 Å². The Morgan fingerprint density at radius 3 is 2.89 bits per heavy atom. The number of amides is 1. The minimum Gasteiger partial charge on any atom is -0.362 e. The minimum absolute atomic E-state index is 0.0601. The van der Waals surface area contributed by atoms with Crippen molar-refractivity contribution in [3.8, 4) is 0 Å². The third kappa shape index (κ3) is 3.10. The SMILES string of the molecule is NNc1cc(N2CCCNC(=O)C2)cc([N+](=O)[O-])c1. The summed E-state index contributed by atoms with van der Waals surface area (Å²) in [6, 6.07) is 4.48. The largest absolute Gasteiger partial charge is 0.362 e. The normalized spacial score (nSPS) is 15.6. The summed E-state index contributed by atoms with van der Waals surface area (Å²) in [5, 5.41) is 13.6.